The third-order valence-corrected chi connectivity index (χ3v) is 5.27. The van der Waals surface area contributed by atoms with Crippen LogP contribution in [0, 0.1) is 18.3 Å². The number of nitriles is 1. The number of hydrogen-bond donors (Lipinski definition) is 2. The van der Waals surface area contributed by atoms with Gasteiger partial charge in [0, 0.05) is 12.2 Å². The van der Waals surface area contributed by atoms with Crippen LogP contribution in [0.25, 0.3) is 6.08 Å². The molecular formula is C27H24ClN3O4. The standard InChI is InChI=1S/C27H24ClN3O4/c1-18-8-6-7-11-23(18)31-25(32)17-35-26-22(28)13-20(14-24(26)34-2)12-21(15-29)27(33)30-16-19-9-4-3-5-10-19/h3-14H,16-17H2,1-2H3,(H,30,33)(H,31,32)/b21-12+. The second kappa shape index (κ2) is 12.3. The van der Waals surface area contributed by atoms with Crippen molar-refractivity contribution < 1.29 is 19.1 Å². The molecule has 0 bridgehead atoms. The van der Waals surface area contributed by atoms with E-state index in [1.807, 2.05) is 61.5 Å². The number of nitrogens with one attached hydrogen (secondary N) is 2. The first-order valence-corrected chi connectivity index (χ1v) is 11.1. The smallest absolute Gasteiger partial charge is 0.262 e. The number of halogens is 1. The molecule has 0 fully saturated rings. The van der Waals surface area contributed by atoms with Gasteiger partial charge in [-0.15, -0.1) is 0 Å². The first-order chi connectivity index (χ1) is 16.9. The van der Waals surface area contributed by atoms with Gasteiger partial charge in [0.2, 0.25) is 0 Å². The highest BCUT2D eigenvalue weighted by Gasteiger charge is 2.16. The van der Waals surface area contributed by atoms with Gasteiger partial charge in [0.05, 0.1) is 12.1 Å². The van der Waals surface area contributed by atoms with Crippen molar-refractivity contribution in [2.75, 3.05) is 19.0 Å². The topological polar surface area (TPSA) is 100 Å². The summed E-state index contributed by atoms with van der Waals surface area (Å²) in [6, 6.07) is 21.8. The fraction of sp³-hybridized carbons (Fsp3) is 0.148. The number of carbonyl (C=O) groups is 2. The maximum absolute atomic E-state index is 12.5. The van der Waals surface area contributed by atoms with Gasteiger partial charge in [0.15, 0.2) is 18.1 Å². The number of amides is 2. The number of carbonyl (C=O) groups excluding carboxylic acids is 2. The number of hydrogen-bond acceptors (Lipinski definition) is 5. The molecule has 0 spiro atoms. The maximum Gasteiger partial charge on any atom is 0.262 e. The molecule has 3 aromatic carbocycles. The monoisotopic (exact) mass is 489 g/mol. The van der Waals surface area contributed by atoms with E-state index < -0.39 is 5.91 Å². The fourth-order valence-corrected chi connectivity index (χ4v) is 3.46. The summed E-state index contributed by atoms with van der Waals surface area (Å²) < 4.78 is 11.0. The quantitative estimate of drug-likeness (QED) is 0.329. The summed E-state index contributed by atoms with van der Waals surface area (Å²) in [5, 5.41) is 15.1. The number of rotatable bonds is 9. The first kappa shape index (κ1) is 25.3. The highest BCUT2D eigenvalue weighted by atomic mass is 35.5. The Bertz CT molecular complexity index is 1280. The summed E-state index contributed by atoms with van der Waals surface area (Å²) in [7, 11) is 1.43. The molecule has 0 atom stereocenters. The Hall–Kier alpha value is -4.28. The summed E-state index contributed by atoms with van der Waals surface area (Å²) in [4.78, 5) is 24.8. The van der Waals surface area contributed by atoms with Crippen molar-refractivity contribution in [3.8, 4) is 17.6 Å². The predicted molar refractivity (Wildman–Crippen MR) is 135 cm³/mol. The lowest BCUT2D eigenvalue weighted by Gasteiger charge is -2.14. The number of aryl methyl sites for hydroxylation is 1. The molecule has 0 aliphatic heterocycles. The summed E-state index contributed by atoms with van der Waals surface area (Å²) in [6.45, 7) is 1.89. The second-order valence-corrected chi connectivity index (χ2v) is 7.93. The van der Waals surface area contributed by atoms with Crippen molar-refractivity contribution in [2.45, 2.75) is 13.5 Å². The Morgan fingerprint density at radius 3 is 2.49 bits per heavy atom. The zero-order chi connectivity index (χ0) is 25.2. The molecule has 0 heterocycles. The zero-order valence-corrected chi connectivity index (χ0v) is 20.1. The van der Waals surface area contributed by atoms with E-state index in [-0.39, 0.29) is 34.6 Å². The largest absolute Gasteiger partial charge is 0.493 e. The van der Waals surface area contributed by atoms with Gasteiger partial charge in [-0.05, 0) is 47.9 Å². The minimum Gasteiger partial charge on any atom is -0.493 e. The second-order valence-electron chi connectivity index (χ2n) is 7.52. The molecule has 0 aliphatic carbocycles. The minimum atomic E-state index is -0.514. The Morgan fingerprint density at radius 2 is 1.80 bits per heavy atom. The molecule has 8 heteroatoms. The van der Waals surface area contributed by atoms with Gasteiger partial charge in [-0.3, -0.25) is 9.59 Å². The first-order valence-electron chi connectivity index (χ1n) is 10.7. The normalized spacial score (nSPS) is 10.7. The van der Waals surface area contributed by atoms with Gasteiger partial charge in [0.25, 0.3) is 11.8 Å². The number of benzene rings is 3. The van der Waals surface area contributed by atoms with Crippen LogP contribution in [-0.2, 0) is 16.1 Å². The molecule has 0 saturated heterocycles. The molecule has 0 aliphatic rings. The van der Waals surface area contributed by atoms with E-state index >= 15 is 0 Å². The van der Waals surface area contributed by atoms with Crippen LogP contribution in [0.2, 0.25) is 5.02 Å². The van der Waals surface area contributed by atoms with Crippen molar-refractivity contribution in [1.82, 2.24) is 5.32 Å². The molecule has 2 amide bonds. The highest BCUT2D eigenvalue weighted by Crippen LogP contribution is 2.37. The maximum atomic E-state index is 12.5. The average molecular weight is 490 g/mol. The van der Waals surface area contributed by atoms with E-state index in [0.717, 1.165) is 11.1 Å². The van der Waals surface area contributed by atoms with Gasteiger partial charge in [-0.2, -0.15) is 5.26 Å². The lowest BCUT2D eigenvalue weighted by Crippen LogP contribution is -2.23. The Balaban J connectivity index is 1.70. The Kier molecular flexibility index (Phi) is 8.88. The summed E-state index contributed by atoms with van der Waals surface area (Å²) in [5.41, 5.74) is 2.90. The van der Waals surface area contributed by atoms with Crippen LogP contribution in [0.3, 0.4) is 0 Å². The average Bonchev–Trinajstić information content (AvgIpc) is 2.86. The predicted octanol–water partition coefficient (Wildman–Crippen LogP) is 4.90. The summed E-state index contributed by atoms with van der Waals surface area (Å²) >= 11 is 6.38. The number of anilines is 1. The molecule has 3 rings (SSSR count). The molecule has 0 unspecified atom stereocenters. The van der Waals surface area contributed by atoms with Gasteiger partial charge in [-0.25, -0.2) is 0 Å². The Labute approximate surface area is 208 Å². The van der Waals surface area contributed by atoms with Crippen molar-refractivity contribution in [1.29, 1.82) is 5.26 Å². The number of nitrogens with zero attached hydrogens (tertiary/aromatic N) is 1. The van der Waals surface area contributed by atoms with Gasteiger partial charge >= 0.3 is 0 Å². The van der Waals surface area contributed by atoms with Crippen LogP contribution in [0.15, 0.2) is 72.3 Å². The third kappa shape index (κ3) is 7.10. The SMILES string of the molecule is COc1cc(/C=C(\C#N)C(=O)NCc2ccccc2)cc(Cl)c1OCC(=O)Nc1ccccc1C. The lowest BCUT2D eigenvalue weighted by molar-refractivity contribution is -0.118. The zero-order valence-electron chi connectivity index (χ0n) is 19.3. The molecule has 2 N–H and O–H groups in total. The molecule has 35 heavy (non-hydrogen) atoms. The van der Waals surface area contributed by atoms with Crippen molar-refractivity contribution in [2.24, 2.45) is 0 Å². The van der Waals surface area contributed by atoms with Crippen LogP contribution >= 0.6 is 11.6 Å². The molecule has 0 aromatic heterocycles. The number of methoxy groups -OCH3 is 1. The van der Waals surface area contributed by atoms with E-state index in [9.17, 15) is 14.9 Å². The van der Waals surface area contributed by atoms with Gasteiger partial charge in [-0.1, -0.05) is 60.1 Å². The van der Waals surface area contributed by atoms with E-state index in [1.54, 1.807) is 12.1 Å². The van der Waals surface area contributed by atoms with E-state index in [0.29, 0.717) is 17.8 Å². The minimum absolute atomic E-state index is 0.0923. The Morgan fingerprint density at radius 1 is 1.09 bits per heavy atom. The fourth-order valence-electron chi connectivity index (χ4n) is 3.19. The van der Waals surface area contributed by atoms with Crippen molar-refractivity contribution >= 4 is 35.2 Å². The van der Waals surface area contributed by atoms with Crippen LogP contribution in [0.5, 0.6) is 11.5 Å². The summed E-state index contributed by atoms with van der Waals surface area (Å²) in [5.74, 6) is -0.435. The number of para-hydroxylation sites is 1. The third-order valence-electron chi connectivity index (χ3n) is 4.99. The molecule has 7 nitrogen and oxygen atoms in total. The van der Waals surface area contributed by atoms with E-state index in [4.69, 9.17) is 21.1 Å². The number of ether oxygens (including phenoxy) is 2. The van der Waals surface area contributed by atoms with Crippen LogP contribution in [0.4, 0.5) is 5.69 Å². The molecule has 178 valence electrons. The molecular weight excluding hydrogens is 466 g/mol. The van der Waals surface area contributed by atoms with Gasteiger partial charge in [0.1, 0.15) is 11.6 Å². The van der Waals surface area contributed by atoms with Crippen LogP contribution < -0.4 is 20.1 Å². The van der Waals surface area contributed by atoms with Crippen molar-refractivity contribution in [3.63, 3.8) is 0 Å². The highest BCUT2D eigenvalue weighted by molar-refractivity contribution is 6.32. The lowest BCUT2D eigenvalue weighted by atomic mass is 10.1. The van der Waals surface area contributed by atoms with Crippen LogP contribution in [0.1, 0.15) is 16.7 Å². The molecule has 0 saturated carbocycles. The molecule has 0 radical (unpaired) electrons. The van der Waals surface area contributed by atoms with Gasteiger partial charge < -0.3 is 20.1 Å². The van der Waals surface area contributed by atoms with E-state index in [2.05, 4.69) is 10.6 Å². The molecule has 3 aromatic rings. The van der Waals surface area contributed by atoms with E-state index in [1.165, 1.54) is 19.3 Å². The van der Waals surface area contributed by atoms with Crippen molar-refractivity contribution in [3.05, 3.63) is 94.0 Å². The van der Waals surface area contributed by atoms with Crippen LogP contribution in [-0.4, -0.2) is 25.5 Å². The summed E-state index contributed by atoms with van der Waals surface area (Å²) in [6.07, 6.45) is 1.41.